The minimum atomic E-state index is -0.475. The maximum Gasteiger partial charge on any atom is 0.269 e. The van der Waals surface area contributed by atoms with Gasteiger partial charge in [-0.2, -0.15) is 0 Å². The van der Waals surface area contributed by atoms with Crippen LogP contribution in [0.4, 0.5) is 5.69 Å². The van der Waals surface area contributed by atoms with Crippen molar-refractivity contribution >= 4 is 11.6 Å². The lowest BCUT2D eigenvalue weighted by molar-refractivity contribution is -0.384. The number of benzene rings is 1. The topological polar surface area (TPSA) is 101 Å². The number of hydrogen-bond donors (Lipinski definition) is 2. The maximum absolute atomic E-state index is 12.0. The molecule has 0 aliphatic heterocycles. The molecule has 1 aromatic heterocycles. The Bertz CT molecular complexity index is 610. The summed E-state index contributed by atoms with van der Waals surface area (Å²) in [4.78, 5) is 29.1. The Morgan fingerprint density at radius 1 is 1.55 bits per heavy atom. The highest BCUT2D eigenvalue weighted by Gasteiger charge is 2.17. The van der Waals surface area contributed by atoms with E-state index in [0.29, 0.717) is 17.9 Å². The number of hydrogen-bond acceptors (Lipinski definition) is 4. The molecule has 1 unspecified atom stereocenters. The fourth-order valence-electron chi connectivity index (χ4n) is 1.78. The summed E-state index contributed by atoms with van der Waals surface area (Å²) in [6.07, 6.45) is 3.27. The van der Waals surface area contributed by atoms with Crippen LogP contribution >= 0.6 is 0 Å². The first-order valence-corrected chi connectivity index (χ1v) is 6.08. The molecular weight excluding hydrogens is 260 g/mol. The molecule has 20 heavy (non-hydrogen) atoms. The van der Waals surface area contributed by atoms with Crippen molar-refractivity contribution in [3.8, 4) is 0 Å². The molecule has 0 aliphatic rings. The number of nitrogens with zero attached hydrogens (tertiary/aromatic N) is 2. The zero-order chi connectivity index (χ0) is 14.5. The molecule has 0 fully saturated rings. The summed E-state index contributed by atoms with van der Waals surface area (Å²) in [5.74, 6) is -0.0173. The molecule has 7 nitrogen and oxygen atoms in total. The van der Waals surface area contributed by atoms with Crippen LogP contribution in [0, 0.1) is 10.1 Å². The summed E-state index contributed by atoms with van der Waals surface area (Å²) < 4.78 is 0. The minimum Gasteiger partial charge on any atom is -0.348 e. The summed E-state index contributed by atoms with van der Waals surface area (Å²) in [6.45, 7) is 2.00. The quantitative estimate of drug-likeness (QED) is 0.640. The molecule has 2 aromatic rings. The van der Waals surface area contributed by atoms with E-state index in [-0.39, 0.29) is 11.6 Å². The first-order valence-electron chi connectivity index (χ1n) is 6.08. The highest BCUT2D eigenvalue weighted by molar-refractivity contribution is 5.83. The van der Waals surface area contributed by atoms with E-state index in [1.807, 2.05) is 0 Å². The van der Waals surface area contributed by atoms with E-state index in [4.69, 9.17) is 0 Å². The summed E-state index contributed by atoms with van der Waals surface area (Å²) in [6, 6.07) is 6.09. The zero-order valence-electron chi connectivity index (χ0n) is 10.9. The van der Waals surface area contributed by atoms with Crippen LogP contribution in [0.1, 0.15) is 24.2 Å². The molecule has 2 rings (SSSR count). The van der Waals surface area contributed by atoms with Crippen molar-refractivity contribution in [3.05, 3.63) is 58.2 Å². The van der Waals surface area contributed by atoms with Gasteiger partial charge in [-0.25, -0.2) is 4.98 Å². The third-order valence-electron chi connectivity index (χ3n) is 2.96. The highest BCUT2D eigenvalue weighted by atomic mass is 16.6. The smallest absolute Gasteiger partial charge is 0.269 e. The second kappa shape index (κ2) is 5.96. The van der Waals surface area contributed by atoms with Gasteiger partial charge >= 0.3 is 0 Å². The van der Waals surface area contributed by atoms with Crippen LogP contribution in [0.5, 0.6) is 0 Å². The Kier molecular flexibility index (Phi) is 4.09. The van der Waals surface area contributed by atoms with Crippen LogP contribution in [-0.4, -0.2) is 20.8 Å². The summed E-state index contributed by atoms with van der Waals surface area (Å²) in [7, 11) is 0. The fourth-order valence-corrected chi connectivity index (χ4v) is 1.78. The maximum atomic E-state index is 12.0. The van der Waals surface area contributed by atoms with E-state index in [9.17, 15) is 14.9 Å². The Hall–Kier alpha value is -2.70. The average molecular weight is 274 g/mol. The van der Waals surface area contributed by atoms with Crippen molar-refractivity contribution in [1.82, 2.24) is 15.3 Å². The molecular formula is C13H14N4O3. The second-order valence-electron chi connectivity index (χ2n) is 4.33. The zero-order valence-corrected chi connectivity index (χ0v) is 10.9. The number of imidazole rings is 1. The molecule has 0 saturated carbocycles. The molecule has 0 bridgehead atoms. The molecule has 0 radical (unpaired) electrons. The van der Waals surface area contributed by atoms with Gasteiger partial charge in [-0.3, -0.25) is 14.9 Å². The van der Waals surface area contributed by atoms with Crippen molar-refractivity contribution < 1.29 is 9.72 Å². The molecule has 0 saturated heterocycles. The number of amides is 1. The third kappa shape index (κ3) is 3.19. The van der Waals surface area contributed by atoms with Gasteiger partial charge in [0.05, 0.1) is 17.4 Å². The fraction of sp³-hybridized carbons (Fsp3) is 0.231. The predicted octanol–water partition coefficient (Wildman–Crippen LogP) is 1.74. The predicted molar refractivity (Wildman–Crippen MR) is 71.9 cm³/mol. The normalized spacial score (nSPS) is 11.8. The number of nitrogens with one attached hydrogen (secondary N) is 2. The van der Waals surface area contributed by atoms with Crippen LogP contribution in [0.25, 0.3) is 0 Å². The molecule has 1 aromatic carbocycles. The van der Waals surface area contributed by atoms with Crippen LogP contribution in [0.2, 0.25) is 0 Å². The van der Waals surface area contributed by atoms with Gasteiger partial charge in [0.15, 0.2) is 0 Å². The van der Waals surface area contributed by atoms with E-state index >= 15 is 0 Å². The Morgan fingerprint density at radius 3 is 3.00 bits per heavy atom. The number of rotatable bonds is 5. The number of H-pyrrole nitrogens is 1. The number of non-ortho nitro benzene ring substituents is 1. The van der Waals surface area contributed by atoms with Crippen molar-refractivity contribution in [2.45, 2.75) is 19.4 Å². The molecule has 104 valence electrons. The lowest BCUT2D eigenvalue weighted by Gasteiger charge is -2.11. The second-order valence-corrected chi connectivity index (χ2v) is 4.33. The van der Waals surface area contributed by atoms with Gasteiger partial charge in [-0.15, -0.1) is 0 Å². The summed E-state index contributed by atoms with van der Waals surface area (Å²) >= 11 is 0. The van der Waals surface area contributed by atoms with Gasteiger partial charge in [0.25, 0.3) is 5.69 Å². The molecule has 0 spiro atoms. The number of carbonyl (C=O) groups excluding carboxylic acids is 1. The molecule has 1 atom stereocenters. The van der Waals surface area contributed by atoms with Gasteiger partial charge in [-0.1, -0.05) is 12.1 Å². The van der Waals surface area contributed by atoms with E-state index in [1.54, 1.807) is 31.5 Å². The van der Waals surface area contributed by atoms with Crippen LogP contribution in [-0.2, 0) is 11.3 Å². The first kappa shape index (κ1) is 13.7. The van der Waals surface area contributed by atoms with Gasteiger partial charge in [0, 0.05) is 24.5 Å². The van der Waals surface area contributed by atoms with Gasteiger partial charge in [0.2, 0.25) is 5.91 Å². The van der Waals surface area contributed by atoms with Crippen LogP contribution in [0.3, 0.4) is 0 Å². The molecule has 0 aliphatic carbocycles. The van der Waals surface area contributed by atoms with E-state index < -0.39 is 10.8 Å². The van der Waals surface area contributed by atoms with Gasteiger partial charge in [0.1, 0.15) is 5.82 Å². The van der Waals surface area contributed by atoms with Gasteiger partial charge < -0.3 is 10.3 Å². The Morgan fingerprint density at radius 2 is 2.35 bits per heavy atom. The molecule has 1 heterocycles. The number of nitro benzene ring substituents is 1. The van der Waals surface area contributed by atoms with Crippen molar-refractivity contribution in [2.24, 2.45) is 0 Å². The van der Waals surface area contributed by atoms with Crippen molar-refractivity contribution in [3.63, 3.8) is 0 Å². The van der Waals surface area contributed by atoms with E-state index in [0.717, 1.165) is 0 Å². The van der Waals surface area contributed by atoms with Crippen LogP contribution in [0.15, 0.2) is 36.7 Å². The standard InChI is InChI=1S/C13H14N4O3/c1-9(10-3-2-4-11(7-10)17(19)20)13(18)16-8-12-14-5-6-15-12/h2-7,9H,8H2,1H3,(H,14,15)(H,16,18). The average Bonchev–Trinajstić information content (AvgIpc) is 2.97. The number of aromatic amines is 1. The first-order chi connectivity index (χ1) is 9.58. The number of nitro groups is 1. The Balaban J connectivity index is 2.02. The number of aromatic nitrogens is 2. The lowest BCUT2D eigenvalue weighted by atomic mass is 10.00. The summed E-state index contributed by atoms with van der Waals surface area (Å²) in [5.41, 5.74) is 0.587. The SMILES string of the molecule is CC(C(=O)NCc1ncc[nH]1)c1cccc([N+](=O)[O-])c1. The molecule has 7 heteroatoms. The largest absolute Gasteiger partial charge is 0.348 e. The molecule has 2 N–H and O–H groups in total. The van der Waals surface area contributed by atoms with Crippen LogP contribution < -0.4 is 5.32 Å². The van der Waals surface area contributed by atoms with Gasteiger partial charge in [-0.05, 0) is 12.5 Å². The lowest BCUT2D eigenvalue weighted by Crippen LogP contribution is -2.28. The molecule has 1 amide bonds. The third-order valence-corrected chi connectivity index (χ3v) is 2.96. The highest BCUT2D eigenvalue weighted by Crippen LogP contribution is 2.20. The minimum absolute atomic E-state index is 0.0202. The van der Waals surface area contributed by atoms with Crippen molar-refractivity contribution in [1.29, 1.82) is 0 Å². The summed E-state index contributed by atoms with van der Waals surface area (Å²) in [5, 5.41) is 13.4. The Labute approximate surface area is 115 Å². The number of carbonyl (C=O) groups is 1. The van der Waals surface area contributed by atoms with E-state index in [2.05, 4.69) is 15.3 Å². The monoisotopic (exact) mass is 274 g/mol. The van der Waals surface area contributed by atoms with Crippen molar-refractivity contribution in [2.75, 3.05) is 0 Å². The van der Waals surface area contributed by atoms with E-state index in [1.165, 1.54) is 12.1 Å².